The van der Waals surface area contributed by atoms with Gasteiger partial charge in [-0.05, 0) is 79.7 Å². The molecule has 0 aliphatic carbocycles. The van der Waals surface area contributed by atoms with E-state index in [0.717, 1.165) is 0 Å². The number of benzene rings is 1. The minimum atomic E-state index is 1.25. The zero-order valence-electron chi connectivity index (χ0n) is 8.73. The largest absolute Gasteiger partial charge is 0.128 e. The van der Waals surface area contributed by atoms with Crippen molar-refractivity contribution in [3.8, 4) is 0 Å². The fourth-order valence-electron chi connectivity index (χ4n) is 1.87. The number of hydrogen-bond acceptors (Lipinski definition) is 2. The molecule has 2 aromatic heterocycles. The quantitative estimate of drug-likeness (QED) is 0.435. The van der Waals surface area contributed by atoms with Gasteiger partial charge in [0.05, 0.1) is 7.57 Å². The van der Waals surface area contributed by atoms with Gasteiger partial charge in [0.25, 0.3) is 0 Å². The van der Waals surface area contributed by atoms with Gasteiger partial charge in [0.1, 0.15) is 0 Å². The van der Waals surface area contributed by atoms with E-state index in [0.29, 0.717) is 0 Å². The topological polar surface area (TPSA) is 0 Å². The fraction of sp³-hybridized carbons (Fsp3) is 0.167. The minimum absolute atomic E-state index is 1.25. The summed E-state index contributed by atoms with van der Waals surface area (Å²) in [6.45, 7) is 4.34. The lowest BCUT2D eigenvalue weighted by Gasteiger charge is -1.94. The molecule has 0 nitrogen and oxygen atoms in total. The zero-order chi connectivity index (χ0) is 11.4. The Morgan fingerprint density at radius 1 is 0.812 bits per heavy atom. The third-order valence-electron chi connectivity index (χ3n) is 2.88. The maximum Gasteiger partial charge on any atom is 0.0740 e. The van der Waals surface area contributed by atoms with Crippen molar-refractivity contribution in [2.75, 3.05) is 0 Å². The molecule has 0 unspecified atom stereocenters. The predicted molar refractivity (Wildman–Crippen MR) is 82.1 cm³/mol. The first-order chi connectivity index (χ1) is 7.58. The summed E-state index contributed by atoms with van der Waals surface area (Å²) in [5.41, 5.74) is 2.70. The van der Waals surface area contributed by atoms with Crippen molar-refractivity contribution in [1.82, 2.24) is 0 Å². The zero-order valence-corrected chi connectivity index (χ0v) is 13.5. The highest BCUT2D eigenvalue weighted by Crippen LogP contribution is 2.42. The second-order valence-electron chi connectivity index (χ2n) is 3.85. The first kappa shape index (κ1) is 11.2. The summed E-state index contributed by atoms with van der Waals surface area (Å²) in [6.07, 6.45) is 0. The van der Waals surface area contributed by atoms with Crippen molar-refractivity contribution in [2.24, 2.45) is 0 Å². The van der Waals surface area contributed by atoms with Crippen LogP contribution < -0.4 is 0 Å². The van der Waals surface area contributed by atoms with E-state index in [-0.39, 0.29) is 0 Å². The van der Waals surface area contributed by atoms with E-state index in [1.165, 1.54) is 38.9 Å². The van der Waals surface area contributed by atoms with E-state index in [1.807, 2.05) is 22.7 Å². The molecule has 0 saturated carbocycles. The molecule has 0 atom stereocenters. The molecule has 0 amide bonds. The van der Waals surface area contributed by atoms with Crippen molar-refractivity contribution in [1.29, 1.82) is 0 Å². The first-order valence-corrected chi connectivity index (χ1v) is 8.07. The van der Waals surface area contributed by atoms with Crippen LogP contribution in [-0.2, 0) is 0 Å². The molecule has 0 spiro atoms. The van der Waals surface area contributed by atoms with E-state index < -0.39 is 0 Å². The van der Waals surface area contributed by atoms with Crippen LogP contribution >= 0.6 is 54.5 Å². The van der Waals surface area contributed by atoms with Crippen molar-refractivity contribution in [3.05, 3.63) is 30.8 Å². The third kappa shape index (κ3) is 1.50. The molecule has 0 fully saturated rings. The Bertz CT molecular complexity index is 645. The molecule has 16 heavy (non-hydrogen) atoms. The van der Waals surface area contributed by atoms with Crippen LogP contribution in [0.15, 0.2) is 19.7 Å². The summed E-state index contributed by atoms with van der Waals surface area (Å²) >= 11 is 10.9. The lowest BCUT2D eigenvalue weighted by Crippen LogP contribution is -1.71. The Morgan fingerprint density at radius 2 is 1.19 bits per heavy atom. The van der Waals surface area contributed by atoms with Crippen molar-refractivity contribution in [2.45, 2.75) is 13.8 Å². The smallest absolute Gasteiger partial charge is 0.0740 e. The Labute approximate surface area is 119 Å². The number of thiophene rings is 2. The van der Waals surface area contributed by atoms with E-state index >= 15 is 0 Å². The molecule has 1 aromatic carbocycles. The molecule has 0 saturated heterocycles. The van der Waals surface area contributed by atoms with Gasteiger partial charge < -0.3 is 0 Å². The van der Waals surface area contributed by atoms with Gasteiger partial charge in [-0.1, -0.05) is 0 Å². The summed E-state index contributed by atoms with van der Waals surface area (Å²) < 4.78 is 5.23. The standard InChI is InChI=1S/C12H8Br2S2/c1-5-7-3-10-8(6(2)12(14)16-10)4-9(7)15-11(5)13/h3-4H,1-2H3. The maximum atomic E-state index is 3.61. The SMILES string of the molecule is Cc1c(Br)sc2cc3c(C)c(Br)sc3cc12. The van der Waals surface area contributed by atoms with Gasteiger partial charge in [-0.15, -0.1) is 22.7 Å². The number of aryl methyl sites for hydroxylation is 2. The van der Waals surface area contributed by atoms with Crippen LogP contribution in [0.5, 0.6) is 0 Å². The molecule has 3 aromatic rings. The fourth-order valence-corrected chi connectivity index (χ4v) is 5.26. The van der Waals surface area contributed by atoms with E-state index in [1.54, 1.807) is 0 Å². The van der Waals surface area contributed by atoms with Crippen LogP contribution in [0.1, 0.15) is 11.1 Å². The van der Waals surface area contributed by atoms with Gasteiger partial charge in [0, 0.05) is 9.40 Å². The van der Waals surface area contributed by atoms with Crippen LogP contribution in [0.25, 0.3) is 20.2 Å². The lowest BCUT2D eigenvalue weighted by molar-refractivity contribution is 1.56. The first-order valence-electron chi connectivity index (χ1n) is 4.85. The van der Waals surface area contributed by atoms with Crippen LogP contribution in [0.2, 0.25) is 0 Å². The summed E-state index contributed by atoms with van der Waals surface area (Å²) in [5, 5.41) is 2.75. The molecular weight excluding hydrogens is 368 g/mol. The third-order valence-corrected chi connectivity index (χ3v) is 7.13. The Kier molecular flexibility index (Phi) is 2.66. The maximum absolute atomic E-state index is 3.61. The van der Waals surface area contributed by atoms with E-state index in [2.05, 4.69) is 57.8 Å². The molecule has 2 heterocycles. The molecule has 0 aliphatic rings. The van der Waals surface area contributed by atoms with Crippen molar-refractivity contribution >= 4 is 74.7 Å². The van der Waals surface area contributed by atoms with Crippen LogP contribution in [0.3, 0.4) is 0 Å². The highest BCUT2D eigenvalue weighted by atomic mass is 79.9. The van der Waals surface area contributed by atoms with Crippen LogP contribution in [0, 0.1) is 13.8 Å². The van der Waals surface area contributed by atoms with Gasteiger partial charge >= 0.3 is 0 Å². The minimum Gasteiger partial charge on any atom is -0.128 e. The number of halogens is 2. The summed E-state index contributed by atoms with van der Waals surface area (Å²) in [7, 11) is 0. The molecule has 0 radical (unpaired) electrons. The average molecular weight is 376 g/mol. The molecule has 82 valence electrons. The normalized spacial score (nSPS) is 11.8. The predicted octanol–water partition coefficient (Wildman–Crippen LogP) is 6.26. The van der Waals surface area contributed by atoms with Crippen LogP contribution in [-0.4, -0.2) is 0 Å². The summed E-state index contributed by atoms with van der Waals surface area (Å²) in [5.74, 6) is 0. The Morgan fingerprint density at radius 3 is 1.56 bits per heavy atom. The van der Waals surface area contributed by atoms with Gasteiger partial charge in [-0.3, -0.25) is 0 Å². The highest BCUT2D eigenvalue weighted by Gasteiger charge is 2.11. The monoisotopic (exact) mass is 374 g/mol. The summed E-state index contributed by atoms with van der Waals surface area (Å²) in [6, 6.07) is 4.62. The van der Waals surface area contributed by atoms with Gasteiger partial charge in [-0.2, -0.15) is 0 Å². The van der Waals surface area contributed by atoms with Gasteiger partial charge in [-0.25, -0.2) is 0 Å². The molecule has 0 bridgehead atoms. The summed E-state index contributed by atoms with van der Waals surface area (Å²) in [4.78, 5) is 0. The van der Waals surface area contributed by atoms with Crippen molar-refractivity contribution < 1.29 is 0 Å². The Hall–Kier alpha value is 0.1000. The second kappa shape index (κ2) is 3.80. The van der Waals surface area contributed by atoms with E-state index in [9.17, 15) is 0 Å². The number of hydrogen-bond donors (Lipinski definition) is 0. The van der Waals surface area contributed by atoms with Gasteiger partial charge in [0.2, 0.25) is 0 Å². The van der Waals surface area contributed by atoms with Crippen molar-refractivity contribution in [3.63, 3.8) is 0 Å². The molecule has 3 rings (SSSR count). The highest BCUT2D eigenvalue weighted by molar-refractivity contribution is 9.11. The lowest BCUT2D eigenvalue weighted by atomic mass is 10.1. The molecule has 4 heteroatoms. The number of fused-ring (bicyclic) bond motifs is 2. The van der Waals surface area contributed by atoms with E-state index in [4.69, 9.17) is 0 Å². The van der Waals surface area contributed by atoms with Crippen LogP contribution in [0.4, 0.5) is 0 Å². The molecular formula is C12H8Br2S2. The number of rotatable bonds is 0. The average Bonchev–Trinajstić information content (AvgIpc) is 2.67. The molecule has 0 aliphatic heterocycles. The second-order valence-corrected chi connectivity index (χ2v) is 8.59. The molecule has 0 N–H and O–H groups in total. The Balaban J connectivity index is 2.52. The van der Waals surface area contributed by atoms with Gasteiger partial charge in [0.15, 0.2) is 0 Å².